The Morgan fingerprint density at radius 3 is 3.00 bits per heavy atom. The number of urea groups is 1. The highest BCUT2D eigenvalue weighted by molar-refractivity contribution is 7.98. The Morgan fingerprint density at radius 1 is 1.39 bits per heavy atom. The molecule has 2 atom stereocenters. The number of carbonyl (C=O) groups excluding carboxylic acids is 1. The Bertz CT molecular complexity index is 592. The van der Waals surface area contributed by atoms with E-state index in [0.29, 0.717) is 19.5 Å². The van der Waals surface area contributed by atoms with Crippen LogP contribution in [0.4, 0.5) is 10.5 Å². The van der Waals surface area contributed by atoms with Crippen molar-refractivity contribution in [1.82, 2.24) is 4.90 Å². The highest BCUT2D eigenvalue weighted by Gasteiger charge is 2.43. The number of likely N-dealkylation sites (tertiary alicyclic amines) is 1. The van der Waals surface area contributed by atoms with E-state index in [0.717, 1.165) is 36.9 Å². The van der Waals surface area contributed by atoms with E-state index in [1.807, 2.05) is 30.2 Å². The molecule has 2 fully saturated rings. The van der Waals surface area contributed by atoms with Crippen molar-refractivity contribution in [1.29, 1.82) is 0 Å². The summed E-state index contributed by atoms with van der Waals surface area (Å²) < 4.78 is 0. The average Bonchev–Trinajstić information content (AvgIpc) is 2.55. The van der Waals surface area contributed by atoms with Crippen LogP contribution in [0, 0.1) is 12.8 Å². The van der Waals surface area contributed by atoms with E-state index in [2.05, 4.69) is 11.4 Å². The fourth-order valence-corrected chi connectivity index (χ4v) is 4.55. The second-order valence-electron chi connectivity index (χ2n) is 6.81. The van der Waals surface area contributed by atoms with Gasteiger partial charge in [0.05, 0.1) is 5.60 Å². The first-order valence-electron chi connectivity index (χ1n) is 8.45. The van der Waals surface area contributed by atoms with Gasteiger partial charge in [0.25, 0.3) is 0 Å². The molecule has 1 saturated heterocycles. The van der Waals surface area contributed by atoms with Crippen LogP contribution in [-0.2, 0) is 0 Å². The molecule has 5 heteroatoms. The summed E-state index contributed by atoms with van der Waals surface area (Å²) in [5.41, 5.74) is 1.45. The molecule has 3 rings (SSSR count). The molecule has 0 bridgehead atoms. The zero-order valence-corrected chi connectivity index (χ0v) is 14.8. The molecular formula is C18H26N2O2S. The van der Waals surface area contributed by atoms with Gasteiger partial charge in [0.15, 0.2) is 0 Å². The number of fused-ring (bicyclic) bond motifs is 1. The highest BCUT2D eigenvalue weighted by Crippen LogP contribution is 2.40. The van der Waals surface area contributed by atoms with E-state index >= 15 is 0 Å². The van der Waals surface area contributed by atoms with Crippen LogP contribution in [0.15, 0.2) is 23.1 Å². The number of piperidine rings is 1. The van der Waals surface area contributed by atoms with Gasteiger partial charge in [0, 0.05) is 29.6 Å². The molecule has 1 heterocycles. The van der Waals surface area contributed by atoms with Gasteiger partial charge < -0.3 is 15.3 Å². The largest absolute Gasteiger partial charge is 0.389 e. The maximum atomic E-state index is 12.6. The first kappa shape index (κ1) is 16.7. The number of hydrogen-bond donors (Lipinski definition) is 2. The number of aliphatic hydroxyl groups is 1. The normalized spacial score (nSPS) is 27.4. The number of amides is 2. The Labute approximate surface area is 142 Å². The summed E-state index contributed by atoms with van der Waals surface area (Å²) in [6, 6.07) is 5.95. The minimum absolute atomic E-state index is 0.0426. The Balaban J connectivity index is 1.67. The fraction of sp³-hybridized carbons (Fsp3) is 0.611. The molecule has 23 heavy (non-hydrogen) atoms. The van der Waals surface area contributed by atoms with Crippen LogP contribution in [0.1, 0.15) is 37.7 Å². The first-order chi connectivity index (χ1) is 11.0. The van der Waals surface area contributed by atoms with E-state index in [-0.39, 0.29) is 11.9 Å². The zero-order chi connectivity index (χ0) is 16.4. The predicted molar refractivity (Wildman–Crippen MR) is 95.1 cm³/mol. The molecule has 1 aliphatic heterocycles. The van der Waals surface area contributed by atoms with Crippen LogP contribution < -0.4 is 5.32 Å². The first-order valence-corrected chi connectivity index (χ1v) is 9.68. The Kier molecular flexibility index (Phi) is 4.87. The van der Waals surface area contributed by atoms with Crippen molar-refractivity contribution < 1.29 is 9.90 Å². The van der Waals surface area contributed by atoms with Gasteiger partial charge in [-0.3, -0.25) is 0 Å². The summed E-state index contributed by atoms with van der Waals surface area (Å²) in [6.45, 7) is 3.35. The number of rotatable bonds is 2. The lowest BCUT2D eigenvalue weighted by atomic mass is 9.71. The third-order valence-electron chi connectivity index (χ3n) is 5.46. The van der Waals surface area contributed by atoms with Gasteiger partial charge in [0.2, 0.25) is 0 Å². The summed E-state index contributed by atoms with van der Waals surface area (Å²) in [6.07, 6.45) is 6.94. The zero-order valence-electron chi connectivity index (χ0n) is 14.0. The molecule has 0 spiro atoms. The van der Waals surface area contributed by atoms with E-state index in [1.54, 1.807) is 11.8 Å². The minimum Gasteiger partial charge on any atom is -0.389 e. The van der Waals surface area contributed by atoms with Crippen LogP contribution in [0.5, 0.6) is 0 Å². The SMILES string of the molecule is CSc1cccc(NC(=O)N2CC[C@@]3(O)CCCC[C@@H]3C2)c1C. The van der Waals surface area contributed by atoms with Crippen molar-refractivity contribution in [3.05, 3.63) is 23.8 Å². The van der Waals surface area contributed by atoms with Crippen LogP contribution >= 0.6 is 11.8 Å². The number of benzene rings is 1. The lowest BCUT2D eigenvalue weighted by Gasteiger charge is -2.47. The molecule has 0 unspecified atom stereocenters. The molecule has 126 valence electrons. The average molecular weight is 334 g/mol. The smallest absolute Gasteiger partial charge is 0.321 e. The van der Waals surface area contributed by atoms with Gasteiger partial charge in [-0.15, -0.1) is 11.8 Å². The Hall–Kier alpha value is -1.20. The van der Waals surface area contributed by atoms with Crippen molar-refractivity contribution in [2.45, 2.75) is 49.5 Å². The third-order valence-corrected chi connectivity index (χ3v) is 6.34. The number of anilines is 1. The topological polar surface area (TPSA) is 52.6 Å². The summed E-state index contributed by atoms with van der Waals surface area (Å²) in [7, 11) is 0. The molecule has 1 aliphatic carbocycles. The summed E-state index contributed by atoms with van der Waals surface area (Å²) >= 11 is 1.69. The Morgan fingerprint density at radius 2 is 2.22 bits per heavy atom. The standard InChI is InChI=1S/C18H26N2O2S/c1-13-15(7-5-8-16(13)23-2)19-17(21)20-11-10-18(22)9-4-3-6-14(18)12-20/h5,7-8,14,22H,3-4,6,9-12H2,1-2H3,(H,19,21)/t14-,18+/m1/s1. The molecule has 2 aliphatic rings. The van der Waals surface area contributed by atoms with Crippen LogP contribution in [0.25, 0.3) is 0 Å². The van der Waals surface area contributed by atoms with Gasteiger partial charge >= 0.3 is 6.03 Å². The molecular weight excluding hydrogens is 308 g/mol. The molecule has 0 aromatic heterocycles. The van der Waals surface area contributed by atoms with Gasteiger partial charge in [-0.25, -0.2) is 4.79 Å². The summed E-state index contributed by atoms with van der Waals surface area (Å²) in [5, 5.41) is 13.8. The fourth-order valence-electron chi connectivity index (χ4n) is 3.92. The second kappa shape index (κ2) is 6.73. The second-order valence-corrected chi connectivity index (χ2v) is 7.65. The van der Waals surface area contributed by atoms with Crippen molar-refractivity contribution in [3.8, 4) is 0 Å². The van der Waals surface area contributed by atoms with Gasteiger partial charge in [0.1, 0.15) is 0 Å². The highest BCUT2D eigenvalue weighted by atomic mass is 32.2. The van der Waals surface area contributed by atoms with Crippen LogP contribution in [-0.4, -0.2) is 41.0 Å². The van der Waals surface area contributed by atoms with Crippen molar-refractivity contribution in [2.24, 2.45) is 5.92 Å². The summed E-state index contributed by atoms with van der Waals surface area (Å²) in [4.78, 5) is 15.7. The lowest BCUT2D eigenvalue weighted by molar-refractivity contribution is -0.0863. The van der Waals surface area contributed by atoms with Crippen molar-refractivity contribution in [2.75, 3.05) is 24.7 Å². The maximum absolute atomic E-state index is 12.6. The van der Waals surface area contributed by atoms with E-state index in [4.69, 9.17) is 0 Å². The third kappa shape index (κ3) is 3.36. The molecule has 4 nitrogen and oxygen atoms in total. The van der Waals surface area contributed by atoms with Gasteiger partial charge in [-0.1, -0.05) is 18.9 Å². The van der Waals surface area contributed by atoms with E-state index in [1.165, 1.54) is 4.90 Å². The maximum Gasteiger partial charge on any atom is 0.321 e. The van der Waals surface area contributed by atoms with Crippen molar-refractivity contribution >= 4 is 23.5 Å². The number of nitrogens with one attached hydrogen (secondary N) is 1. The van der Waals surface area contributed by atoms with E-state index in [9.17, 15) is 9.90 Å². The number of nitrogens with zero attached hydrogens (tertiary/aromatic N) is 1. The molecule has 1 aromatic rings. The number of thioether (sulfide) groups is 1. The monoisotopic (exact) mass is 334 g/mol. The van der Waals surface area contributed by atoms with Gasteiger partial charge in [-0.05, 0) is 50.1 Å². The number of hydrogen-bond acceptors (Lipinski definition) is 3. The minimum atomic E-state index is -0.538. The van der Waals surface area contributed by atoms with Crippen LogP contribution in [0.3, 0.4) is 0 Å². The van der Waals surface area contributed by atoms with Crippen LogP contribution in [0.2, 0.25) is 0 Å². The quantitative estimate of drug-likeness (QED) is 0.807. The molecule has 2 N–H and O–H groups in total. The van der Waals surface area contributed by atoms with E-state index < -0.39 is 5.60 Å². The number of carbonyl (C=O) groups is 1. The van der Waals surface area contributed by atoms with Gasteiger partial charge in [-0.2, -0.15) is 0 Å². The summed E-state index contributed by atoms with van der Waals surface area (Å²) in [5.74, 6) is 0.231. The lowest BCUT2D eigenvalue weighted by Crippen LogP contribution is -2.55. The molecule has 0 radical (unpaired) electrons. The molecule has 2 amide bonds. The molecule has 1 aromatic carbocycles. The predicted octanol–water partition coefficient (Wildman–Crippen LogP) is 3.88. The van der Waals surface area contributed by atoms with Crippen molar-refractivity contribution in [3.63, 3.8) is 0 Å². The molecule has 1 saturated carbocycles.